The molecule has 0 aliphatic carbocycles. The van der Waals surface area contributed by atoms with Gasteiger partial charge in [-0.2, -0.15) is 0 Å². The Bertz CT molecular complexity index is 574. The lowest BCUT2D eigenvalue weighted by molar-refractivity contribution is 0.386. The predicted molar refractivity (Wildman–Crippen MR) is 82.4 cm³/mol. The highest BCUT2D eigenvalue weighted by molar-refractivity contribution is 5.56. The normalized spacial score (nSPS) is 12.2. The van der Waals surface area contributed by atoms with E-state index in [1.54, 1.807) is 0 Å². The van der Waals surface area contributed by atoms with Crippen molar-refractivity contribution in [3.05, 3.63) is 35.7 Å². The first-order valence-electron chi connectivity index (χ1n) is 7.09. The molecule has 0 spiro atoms. The Hall–Kier alpha value is -1.68. The summed E-state index contributed by atoms with van der Waals surface area (Å²) in [4.78, 5) is 0. The summed E-state index contributed by atoms with van der Waals surface area (Å²) in [5.41, 5.74) is 8.09. The van der Waals surface area contributed by atoms with Crippen LogP contribution in [0.5, 0.6) is 0 Å². The Labute approximate surface area is 121 Å². The van der Waals surface area contributed by atoms with Gasteiger partial charge in [-0.05, 0) is 32.3 Å². The van der Waals surface area contributed by atoms with E-state index in [1.807, 2.05) is 0 Å². The van der Waals surface area contributed by atoms with Crippen molar-refractivity contribution in [2.45, 2.75) is 52.6 Å². The molecule has 0 amide bonds. The van der Waals surface area contributed by atoms with E-state index in [0.29, 0.717) is 12.5 Å². The molecule has 2 rings (SSSR count). The van der Waals surface area contributed by atoms with E-state index in [-0.39, 0.29) is 5.54 Å². The third kappa shape index (κ3) is 2.75. The zero-order valence-electron chi connectivity index (χ0n) is 13.0. The van der Waals surface area contributed by atoms with Crippen LogP contribution < -0.4 is 5.73 Å². The van der Waals surface area contributed by atoms with Gasteiger partial charge in [0.2, 0.25) is 0 Å². The molecule has 1 aromatic heterocycles. The second-order valence-electron chi connectivity index (χ2n) is 6.43. The first-order valence-corrected chi connectivity index (χ1v) is 7.09. The van der Waals surface area contributed by atoms with Gasteiger partial charge in [0.15, 0.2) is 5.82 Å². The van der Waals surface area contributed by atoms with Crippen LogP contribution in [0.3, 0.4) is 0 Å². The third-order valence-corrected chi connectivity index (χ3v) is 3.42. The zero-order chi connectivity index (χ0) is 14.9. The summed E-state index contributed by atoms with van der Waals surface area (Å²) in [6.45, 7) is 11.2. The van der Waals surface area contributed by atoms with Crippen molar-refractivity contribution in [3.63, 3.8) is 0 Å². The Morgan fingerprint density at radius 1 is 1.10 bits per heavy atom. The Morgan fingerprint density at radius 2 is 1.70 bits per heavy atom. The number of benzene rings is 1. The highest BCUT2D eigenvalue weighted by Gasteiger charge is 2.23. The topological polar surface area (TPSA) is 56.7 Å². The van der Waals surface area contributed by atoms with Crippen molar-refractivity contribution < 1.29 is 0 Å². The molecule has 1 aromatic carbocycles. The van der Waals surface area contributed by atoms with E-state index in [4.69, 9.17) is 5.73 Å². The van der Waals surface area contributed by atoms with Crippen molar-refractivity contribution in [2.24, 2.45) is 5.73 Å². The van der Waals surface area contributed by atoms with Crippen molar-refractivity contribution in [1.29, 1.82) is 0 Å². The van der Waals surface area contributed by atoms with Crippen molar-refractivity contribution in [3.8, 4) is 11.4 Å². The fraction of sp³-hybridized carbons (Fsp3) is 0.500. The van der Waals surface area contributed by atoms with E-state index >= 15 is 0 Å². The van der Waals surface area contributed by atoms with Crippen molar-refractivity contribution in [2.75, 3.05) is 0 Å². The summed E-state index contributed by atoms with van der Waals surface area (Å²) in [7, 11) is 0. The first-order chi connectivity index (χ1) is 9.34. The quantitative estimate of drug-likeness (QED) is 0.932. The SMILES string of the molecule is CC(C)c1ccc(-c2nnc(CN)n2C(C)(C)C)cc1. The lowest BCUT2D eigenvalue weighted by atomic mass is 10.0. The maximum absolute atomic E-state index is 5.78. The van der Waals surface area contributed by atoms with Gasteiger partial charge in [-0.15, -0.1) is 10.2 Å². The summed E-state index contributed by atoms with van der Waals surface area (Å²) in [5, 5.41) is 8.55. The minimum atomic E-state index is -0.0930. The summed E-state index contributed by atoms with van der Waals surface area (Å²) >= 11 is 0. The highest BCUT2D eigenvalue weighted by atomic mass is 15.3. The predicted octanol–water partition coefficient (Wildman–Crippen LogP) is 3.28. The van der Waals surface area contributed by atoms with E-state index < -0.39 is 0 Å². The summed E-state index contributed by atoms with van der Waals surface area (Å²) < 4.78 is 2.12. The van der Waals surface area contributed by atoms with Gasteiger partial charge in [-0.3, -0.25) is 0 Å². The third-order valence-electron chi connectivity index (χ3n) is 3.42. The molecule has 108 valence electrons. The van der Waals surface area contributed by atoms with Crippen LogP contribution in [-0.4, -0.2) is 14.8 Å². The van der Waals surface area contributed by atoms with Crippen LogP contribution >= 0.6 is 0 Å². The molecule has 0 radical (unpaired) electrons. The molecule has 0 fully saturated rings. The smallest absolute Gasteiger partial charge is 0.164 e. The molecule has 0 aliphatic heterocycles. The molecule has 2 N–H and O–H groups in total. The van der Waals surface area contributed by atoms with Crippen LogP contribution in [0.25, 0.3) is 11.4 Å². The molecule has 2 aromatic rings. The molecule has 1 heterocycles. The fourth-order valence-electron chi connectivity index (χ4n) is 2.36. The Balaban J connectivity index is 2.50. The van der Waals surface area contributed by atoms with E-state index in [0.717, 1.165) is 17.2 Å². The molecular formula is C16H24N4. The van der Waals surface area contributed by atoms with Gasteiger partial charge in [-0.1, -0.05) is 38.1 Å². The number of rotatable bonds is 3. The molecule has 0 saturated carbocycles. The highest BCUT2D eigenvalue weighted by Crippen LogP contribution is 2.27. The molecule has 4 heteroatoms. The molecule has 0 atom stereocenters. The van der Waals surface area contributed by atoms with Crippen LogP contribution in [0.1, 0.15) is 51.9 Å². The minimum absolute atomic E-state index is 0.0930. The number of nitrogens with zero attached hydrogens (tertiary/aromatic N) is 3. The minimum Gasteiger partial charge on any atom is -0.324 e. The van der Waals surface area contributed by atoms with Crippen molar-refractivity contribution in [1.82, 2.24) is 14.8 Å². The Morgan fingerprint density at radius 3 is 2.15 bits per heavy atom. The second-order valence-corrected chi connectivity index (χ2v) is 6.43. The molecule has 20 heavy (non-hydrogen) atoms. The van der Waals surface area contributed by atoms with E-state index in [9.17, 15) is 0 Å². The van der Waals surface area contributed by atoms with Crippen LogP contribution in [0.15, 0.2) is 24.3 Å². The summed E-state index contributed by atoms with van der Waals surface area (Å²) in [5.74, 6) is 2.23. The molecule has 0 saturated heterocycles. The van der Waals surface area contributed by atoms with Crippen LogP contribution in [0, 0.1) is 0 Å². The largest absolute Gasteiger partial charge is 0.324 e. The molecule has 0 bridgehead atoms. The van der Waals surface area contributed by atoms with Gasteiger partial charge in [0.1, 0.15) is 5.82 Å². The van der Waals surface area contributed by atoms with Crippen molar-refractivity contribution >= 4 is 0 Å². The monoisotopic (exact) mass is 272 g/mol. The lowest BCUT2D eigenvalue weighted by Crippen LogP contribution is -2.26. The first kappa shape index (κ1) is 14.7. The van der Waals surface area contributed by atoms with Crippen LogP contribution in [0.4, 0.5) is 0 Å². The average molecular weight is 272 g/mol. The number of hydrogen-bond acceptors (Lipinski definition) is 3. The molecular weight excluding hydrogens is 248 g/mol. The summed E-state index contributed by atoms with van der Waals surface area (Å²) in [6.07, 6.45) is 0. The Kier molecular flexibility index (Phi) is 3.95. The molecule has 4 nitrogen and oxygen atoms in total. The van der Waals surface area contributed by atoms with Gasteiger partial charge >= 0.3 is 0 Å². The molecule has 0 unspecified atom stereocenters. The maximum Gasteiger partial charge on any atom is 0.164 e. The van der Waals surface area contributed by atoms with Gasteiger partial charge in [-0.25, -0.2) is 0 Å². The molecule has 0 aliphatic rings. The van der Waals surface area contributed by atoms with Gasteiger partial charge in [0.25, 0.3) is 0 Å². The average Bonchev–Trinajstić information content (AvgIpc) is 2.82. The lowest BCUT2D eigenvalue weighted by Gasteiger charge is -2.24. The van der Waals surface area contributed by atoms with Gasteiger partial charge in [0.05, 0.1) is 6.54 Å². The second kappa shape index (κ2) is 5.37. The fourth-order valence-corrected chi connectivity index (χ4v) is 2.36. The standard InChI is InChI=1S/C16H24N4/c1-11(2)12-6-8-13(9-7-12)15-19-18-14(10-17)20(15)16(3,4)5/h6-9,11H,10,17H2,1-5H3. The number of hydrogen-bond donors (Lipinski definition) is 1. The van der Waals surface area contributed by atoms with Gasteiger partial charge < -0.3 is 10.3 Å². The van der Waals surface area contributed by atoms with Gasteiger partial charge in [0, 0.05) is 11.1 Å². The zero-order valence-corrected chi connectivity index (χ0v) is 13.0. The number of nitrogens with two attached hydrogens (primary N) is 1. The van der Waals surface area contributed by atoms with Crippen LogP contribution in [0.2, 0.25) is 0 Å². The van der Waals surface area contributed by atoms with E-state index in [1.165, 1.54) is 5.56 Å². The summed E-state index contributed by atoms with van der Waals surface area (Å²) in [6, 6.07) is 8.54. The number of aromatic nitrogens is 3. The van der Waals surface area contributed by atoms with Crippen LogP contribution in [-0.2, 0) is 12.1 Å². The maximum atomic E-state index is 5.78. The van der Waals surface area contributed by atoms with E-state index in [2.05, 4.69) is 73.6 Å².